The summed E-state index contributed by atoms with van der Waals surface area (Å²) in [6.07, 6.45) is 4.92. The van der Waals surface area contributed by atoms with E-state index in [2.05, 4.69) is 25.6 Å². The molecule has 1 N–H and O–H groups in total. The minimum atomic E-state index is -3.89. The third-order valence-electron chi connectivity index (χ3n) is 2.58. The van der Waals surface area contributed by atoms with E-state index >= 15 is 0 Å². The van der Waals surface area contributed by atoms with E-state index in [4.69, 9.17) is 0 Å². The molecule has 0 saturated heterocycles. The van der Waals surface area contributed by atoms with Gasteiger partial charge in [-0.05, 0) is 25.1 Å². The third-order valence-corrected chi connectivity index (χ3v) is 4.70. The maximum atomic E-state index is 13.7. The average molecular weight is 362 g/mol. The minimum absolute atomic E-state index is 0.363. The summed E-state index contributed by atoms with van der Waals surface area (Å²) in [6.45, 7) is 2.12. The van der Waals surface area contributed by atoms with E-state index in [1.165, 1.54) is 12.1 Å². The molecule has 2 aromatic rings. The quantitative estimate of drug-likeness (QED) is 0.887. The van der Waals surface area contributed by atoms with Crippen LogP contribution in [0.25, 0.3) is 0 Å². The van der Waals surface area contributed by atoms with Crippen LogP contribution in [0, 0.1) is 5.82 Å². The van der Waals surface area contributed by atoms with Crippen molar-refractivity contribution in [3.63, 3.8) is 0 Å². The van der Waals surface area contributed by atoms with Gasteiger partial charge in [0.15, 0.2) is 0 Å². The zero-order valence-corrected chi connectivity index (χ0v) is 13.0. The van der Waals surface area contributed by atoms with Crippen LogP contribution in [0.5, 0.6) is 0 Å². The molecule has 0 aliphatic heterocycles. The number of hydrogen-bond acceptors (Lipinski definition) is 3. The molecule has 0 aliphatic carbocycles. The maximum absolute atomic E-state index is 13.7. The fraction of sp³-hybridized carbons (Fsp3) is 0.250. The SMILES string of the molecule is CC(Cn1ccnc1)NS(=O)(=O)c1ccc(Br)cc1F. The van der Waals surface area contributed by atoms with Crippen molar-refractivity contribution in [1.82, 2.24) is 14.3 Å². The molecule has 1 atom stereocenters. The van der Waals surface area contributed by atoms with Gasteiger partial charge < -0.3 is 4.57 Å². The Labute approximate surface area is 125 Å². The van der Waals surface area contributed by atoms with E-state index in [1.54, 1.807) is 30.2 Å². The highest BCUT2D eigenvalue weighted by molar-refractivity contribution is 9.10. The second kappa shape index (κ2) is 6.02. The number of halogens is 2. The number of nitrogens with one attached hydrogen (secondary N) is 1. The van der Waals surface area contributed by atoms with E-state index in [1.807, 2.05) is 0 Å². The van der Waals surface area contributed by atoms with Gasteiger partial charge in [0.1, 0.15) is 10.7 Å². The van der Waals surface area contributed by atoms with Crippen LogP contribution in [0.2, 0.25) is 0 Å². The molecule has 8 heteroatoms. The summed E-state index contributed by atoms with van der Waals surface area (Å²) in [5, 5.41) is 0. The van der Waals surface area contributed by atoms with Crippen LogP contribution in [-0.2, 0) is 16.6 Å². The molecule has 0 saturated carbocycles. The van der Waals surface area contributed by atoms with Gasteiger partial charge in [-0.15, -0.1) is 0 Å². The predicted octanol–water partition coefficient (Wildman–Crippen LogP) is 2.15. The maximum Gasteiger partial charge on any atom is 0.243 e. The summed E-state index contributed by atoms with van der Waals surface area (Å²) in [7, 11) is -3.89. The number of benzene rings is 1. The van der Waals surface area contributed by atoms with Gasteiger partial charge >= 0.3 is 0 Å². The molecule has 0 amide bonds. The highest BCUT2D eigenvalue weighted by atomic mass is 79.9. The lowest BCUT2D eigenvalue weighted by atomic mass is 10.3. The molecule has 0 bridgehead atoms. The van der Waals surface area contributed by atoms with Crippen molar-refractivity contribution in [3.8, 4) is 0 Å². The van der Waals surface area contributed by atoms with Crippen LogP contribution in [0.1, 0.15) is 6.92 Å². The Morgan fingerprint density at radius 1 is 1.50 bits per heavy atom. The lowest BCUT2D eigenvalue weighted by Crippen LogP contribution is -2.35. The Morgan fingerprint density at radius 2 is 2.25 bits per heavy atom. The molecule has 0 spiro atoms. The lowest BCUT2D eigenvalue weighted by molar-refractivity contribution is 0.513. The average Bonchev–Trinajstić information content (AvgIpc) is 2.79. The van der Waals surface area contributed by atoms with Crippen LogP contribution in [0.4, 0.5) is 4.39 Å². The first kappa shape index (κ1) is 15.1. The summed E-state index contributed by atoms with van der Waals surface area (Å²) in [5.41, 5.74) is 0. The second-order valence-corrected chi connectivity index (χ2v) is 6.95. The topological polar surface area (TPSA) is 64.0 Å². The lowest BCUT2D eigenvalue weighted by Gasteiger charge is -2.15. The Hall–Kier alpha value is -1.25. The summed E-state index contributed by atoms with van der Waals surface area (Å²) < 4.78 is 42.6. The molecule has 20 heavy (non-hydrogen) atoms. The Bertz CT molecular complexity index is 689. The number of aromatic nitrogens is 2. The van der Waals surface area contributed by atoms with Gasteiger partial charge in [0, 0.05) is 29.5 Å². The molecule has 0 fully saturated rings. The van der Waals surface area contributed by atoms with Gasteiger partial charge in [0.05, 0.1) is 6.33 Å². The number of nitrogens with zero attached hydrogens (tertiary/aromatic N) is 2. The first-order chi connectivity index (χ1) is 9.38. The van der Waals surface area contributed by atoms with Gasteiger partial charge in [0.25, 0.3) is 0 Å². The van der Waals surface area contributed by atoms with Crippen molar-refractivity contribution >= 4 is 26.0 Å². The van der Waals surface area contributed by atoms with Crippen LogP contribution in [0.15, 0.2) is 46.3 Å². The molecule has 1 heterocycles. The van der Waals surface area contributed by atoms with Crippen LogP contribution in [0.3, 0.4) is 0 Å². The van der Waals surface area contributed by atoms with Gasteiger partial charge in [0.2, 0.25) is 10.0 Å². The van der Waals surface area contributed by atoms with Crippen LogP contribution < -0.4 is 4.72 Å². The third kappa shape index (κ3) is 3.65. The zero-order chi connectivity index (χ0) is 14.8. The highest BCUT2D eigenvalue weighted by Gasteiger charge is 2.21. The first-order valence-corrected chi connectivity index (χ1v) is 8.09. The van der Waals surface area contributed by atoms with E-state index in [0.29, 0.717) is 11.0 Å². The van der Waals surface area contributed by atoms with Crippen LogP contribution >= 0.6 is 15.9 Å². The molecule has 1 aromatic carbocycles. The summed E-state index contributed by atoms with van der Waals surface area (Å²) in [5.74, 6) is -0.790. The van der Waals surface area contributed by atoms with Crippen molar-refractivity contribution in [1.29, 1.82) is 0 Å². The molecule has 0 aliphatic rings. The molecule has 5 nitrogen and oxygen atoms in total. The van der Waals surface area contributed by atoms with Crippen molar-refractivity contribution < 1.29 is 12.8 Å². The molecule has 0 radical (unpaired) electrons. The fourth-order valence-corrected chi connectivity index (χ4v) is 3.40. The Balaban J connectivity index is 2.14. The molecular weight excluding hydrogens is 349 g/mol. The summed E-state index contributed by atoms with van der Waals surface area (Å²) in [6, 6.07) is 3.44. The second-order valence-electron chi connectivity index (χ2n) is 4.36. The van der Waals surface area contributed by atoms with E-state index in [-0.39, 0.29) is 4.90 Å². The predicted molar refractivity (Wildman–Crippen MR) is 76.1 cm³/mol. The molecular formula is C12H13BrFN3O2S. The normalized spacial score (nSPS) is 13.3. The van der Waals surface area contributed by atoms with Crippen molar-refractivity contribution in [3.05, 3.63) is 47.2 Å². The smallest absolute Gasteiger partial charge is 0.243 e. The van der Waals surface area contributed by atoms with Gasteiger partial charge in [-0.25, -0.2) is 22.5 Å². The Morgan fingerprint density at radius 3 is 2.85 bits per heavy atom. The first-order valence-electron chi connectivity index (χ1n) is 5.81. The molecule has 2 rings (SSSR count). The van der Waals surface area contributed by atoms with Crippen molar-refractivity contribution in [2.45, 2.75) is 24.4 Å². The number of hydrogen-bond donors (Lipinski definition) is 1. The molecule has 1 unspecified atom stereocenters. The number of sulfonamides is 1. The Kier molecular flexibility index (Phi) is 4.56. The molecule has 108 valence electrons. The van der Waals surface area contributed by atoms with E-state index in [0.717, 1.165) is 6.07 Å². The minimum Gasteiger partial charge on any atom is -0.336 e. The van der Waals surface area contributed by atoms with E-state index in [9.17, 15) is 12.8 Å². The zero-order valence-electron chi connectivity index (χ0n) is 10.6. The number of imidazole rings is 1. The van der Waals surface area contributed by atoms with Gasteiger partial charge in [-0.1, -0.05) is 15.9 Å². The number of rotatable bonds is 5. The van der Waals surface area contributed by atoms with Crippen LogP contribution in [-0.4, -0.2) is 24.0 Å². The van der Waals surface area contributed by atoms with Gasteiger partial charge in [-0.3, -0.25) is 0 Å². The van der Waals surface area contributed by atoms with E-state index < -0.39 is 21.9 Å². The summed E-state index contributed by atoms with van der Waals surface area (Å²) >= 11 is 3.09. The largest absolute Gasteiger partial charge is 0.336 e. The van der Waals surface area contributed by atoms with Crippen molar-refractivity contribution in [2.75, 3.05) is 0 Å². The monoisotopic (exact) mass is 361 g/mol. The standard InChI is InChI=1S/C12H13BrFN3O2S/c1-9(7-17-5-4-15-8-17)16-20(18,19)12-3-2-10(13)6-11(12)14/h2-6,8-9,16H,7H2,1H3. The highest BCUT2D eigenvalue weighted by Crippen LogP contribution is 2.19. The van der Waals surface area contributed by atoms with Crippen molar-refractivity contribution in [2.24, 2.45) is 0 Å². The summed E-state index contributed by atoms with van der Waals surface area (Å²) in [4.78, 5) is 3.51. The fourth-order valence-electron chi connectivity index (χ4n) is 1.77. The molecule has 1 aromatic heterocycles. The van der Waals surface area contributed by atoms with Gasteiger partial charge in [-0.2, -0.15) is 0 Å².